The topological polar surface area (TPSA) is 42.7 Å². The van der Waals surface area contributed by atoms with Crippen LogP contribution in [0, 0.1) is 0 Å². The predicted octanol–water partition coefficient (Wildman–Crippen LogP) is 6.34. The van der Waals surface area contributed by atoms with Crippen LogP contribution >= 0.6 is 31.9 Å². The Hall–Kier alpha value is -2.18. The van der Waals surface area contributed by atoms with E-state index in [4.69, 9.17) is 0 Å². The summed E-state index contributed by atoms with van der Waals surface area (Å²) in [5.74, 6) is 0.801. The second-order valence-corrected chi connectivity index (χ2v) is 8.91. The summed E-state index contributed by atoms with van der Waals surface area (Å²) >= 11 is 7.06. The van der Waals surface area contributed by atoms with Crippen LogP contribution in [-0.2, 0) is 0 Å². The number of benzene rings is 2. The van der Waals surface area contributed by atoms with Crippen LogP contribution in [0.15, 0.2) is 80.6 Å². The minimum Gasteiger partial charge on any atom is -0.324 e. The van der Waals surface area contributed by atoms with Gasteiger partial charge in [0.2, 0.25) is 5.95 Å². The van der Waals surface area contributed by atoms with Crippen molar-refractivity contribution in [3.8, 4) is 0 Å². The molecule has 1 aromatic heterocycles. The molecule has 0 bridgehead atoms. The van der Waals surface area contributed by atoms with Crippen molar-refractivity contribution in [2.45, 2.75) is 25.3 Å². The maximum absolute atomic E-state index is 4.52. The smallest absolute Gasteiger partial charge is 0.226 e. The van der Waals surface area contributed by atoms with Crippen LogP contribution in [0.25, 0.3) is 6.08 Å². The molecule has 1 atom stereocenters. The first-order valence-electron chi connectivity index (χ1n) is 9.30. The third-order valence-electron chi connectivity index (χ3n) is 5.32. The summed E-state index contributed by atoms with van der Waals surface area (Å²) in [6, 6.07) is 17.1. The van der Waals surface area contributed by atoms with Gasteiger partial charge in [0.15, 0.2) is 0 Å². The molecule has 1 aliphatic carbocycles. The highest BCUT2D eigenvalue weighted by atomic mass is 79.9. The van der Waals surface area contributed by atoms with Crippen molar-refractivity contribution < 1.29 is 0 Å². The SMILES string of the molecule is Brc1ccc(/C=C2\CCCC3=C2Nc2ncnn2[C@@H]3c2ccc(Br)cc2)cc1. The molecule has 0 saturated carbocycles. The van der Waals surface area contributed by atoms with Crippen LogP contribution in [0.2, 0.25) is 0 Å². The minimum atomic E-state index is 0.0791. The van der Waals surface area contributed by atoms with Gasteiger partial charge in [-0.3, -0.25) is 0 Å². The minimum absolute atomic E-state index is 0.0791. The Labute approximate surface area is 180 Å². The first-order chi connectivity index (χ1) is 13.7. The number of anilines is 1. The summed E-state index contributed by atoms with van der Waals surface area (Å²) < 4.78 is 4.18. The summed E-state index contributed by atoms with van der Waals surface area (Å²) in [5.41, 5.74) is 6.37. The van der Waals surface area contributed by atoms with E-state index in [1.807, 2.05) is 4.68 Å². The maximum Gasteiger partial charge on any atom is 0.226 e. The lowest BCUT2D eigenvalue weighted by Crippen LogP contribution is -2.28. The fraction of sp³-hybridized carbons (Fsp3) is 0.182. The molecule has 2 heterocycles. The zero-order chi connectivity index (χ0) is 19.1. The third-order valence-corrected chi connectivity index (χ3v) is 6.37. The molecule has 5 rings (SSSR count). The predicted molar refractivity (Wildman–Crippen MR) is 119 cm³/mol. The molecule has 0 saturated heterocycles. The second-order valence-electron chi connectivity index (χ2n) is 7.08. The molecule has 0 spiro atoms. The van der Waals surface area contributed by atoms with E-state index in [2.05, 4.69) is 102 Å². The van der Waals surface area contributed by atoms with E-state index >= 15 is 0 Å². The van der Waals surface area contributed by atoms with Gasteiger partial charge in [0.1, 0.15) is 12.4 Å². The van der Waals surface area contributed by atoms with E-state index in [-0.39, 0.29) is 6.04 Å². The molecule has 4 nitrogen and oxygen atoms in total. The Morgan fingerprint density at radius 2 is 1.68 bits per heavy atom. The van der Waals surface area contributed by atoms with E-state index in [1.54, 1.807) is 6.33 Å². The summed E-state index contributed by atoms with van der Waals surface area (Å²) in [5, 5.41) is 8.07. The molecule has 0 fully saturated rings. The first kappa shape index (κ1) is 17.9. The number of halogens is 2. The molecular weight excluding hydrogens is 480 g/mol. The number of rotatable bonds is 2. The van der Waals surface area contributed by atoms with E-state index < -0.39 is 0 Å². The highest BCUT2D eigenvalue weighted by Crippen LogP contribution is 2.43. The van der Waals surface area contributed by atoms with Crippen LogP contribution in [-0.4, -0.2) is 14.8 Å². The van der Waals surface area contributed by atoms with Crippen LogP contribution in [0.1, 0.15) is 36.4 Å². The van der Waals surface area contributed by atoms with Crippen LogP contribution in [0.4, 0.5) is 5.95 Å². The van der Waals surface area contributed by atoms with Crippen molar-refractivity contribution in [1.82, 2.24) is 14.8 Å². The van der Waals surface area contributed by atoms with E-state index in [1.165, 1.54) is 28.0 Å². The molecule has 6 heteroatoms. The van der Waals surface area contributed by atoms with Gasteiger partial charge in [-0.1, -0.05) is 56.1 Å². The molecule has 0 unspecified atom stereocenters. The number of aromatic nitrogens is 3. The largest absolute Gasteiger partial charge is 0.324 e. The van der Waals surface area contributed by atoms with Gasteiger partial charge >= 0.3 is 0 Å². The Morgan fingerprint density at radius 3 is 2.43 bits per heavy atom. The highest BCUT2D eigenvalue weighted by molar-refractivity contribution is 9.10. The lowest BCUT2D eigenvalue weighted by Gasteiger charge is -2.34. The van der Waals surface area contributed by atoms with Gasteiger partial charge in [-0.25, -0.2) is 4.68 Å². The second kappa shape index (κ2) is 7.33. The van der Waals surface area contributed by atoms with Gasteiger partial charge in [-0.05, 0) is 71.9 Å². The lowest BCUT2D eigenvalue weighted by molar-refractivity contribution is 0.538. The average molecular weight is 498 g/mol. The summed E-state index contributed by atoms with van der Waals surface area (Å²) in [7, 11) is 0. The van der Waals surface area contributed by atoms with Crippen molar-refractivity contribution in [1.29, 1.82) is 0 Å². The molecule has 2 aliphatic rings. The molecule has 140 valence electrons. The number of nitrogens with one attached hydrogen (secondary N) is 1. The van der Waals surface area contributed by atoms with Crippen molar-refractivity contribution >= 4 is 43.9 Å². The Morgan fingerprint density at radius 1 is 0.964 bits per heavy atom. The molecule has 0 amide bonds. The van der Waals surface area contributed by atoms with Crippen molar-refractivity contribution in [3.63, 3.8) is 0 Å². The monoisotopic (exact) mass is 496 g/mol. The van der Waals surface area contributed by atoms with Gasteiger partial charge in [-0.2, -0.15) is 10.1 Å². The number of hydrogen-bond donors (Lipinski definition) is 1. The average Bonchev–Trinajstić information content (AvgIpc) is 3.17. The standard InChI is InChI=1S/C22H18Br2N4/c23-17-8-4-14(5-9-17)12-16-2-1-3-19-20(16)27-22-25-13-26-28(22)21(19)15-6-10-18(24)11-7-15/h4-13,21H,1-3H2,(H,25,26,27)/b16-12+/t21-/m1/s1. The van der Waals surface area contributed by atoms with Crippen LogP contribution < -0.4 is 5.32 Å². The normalized spacial score (nSPS) is 19.9. The summed E-state index contributed by atoms with van der Waals surface area (Å²) in [4.78, 5) is 4.46. The summed E-state index contributed by atoms with van der Waals surface area (Å²) in [6.45, 7) is 0. The molecule has 2 aromatic carbocycles. The molecule has 0 radical (unpaired) electrons. The van der Waals surface area contributed by atoms with Crippen molar-refractivity contribution in [3.05, 3.63) is 91.8 Å². The zero-order valence-electron chi connectivity index (χ0n) is 15.1. The van der Waals surface area contributed by atoms with E-state index in [9.17, 15) is 0 Å². The zero-order valence-corrected chi connectivity index (χ0v) is 18.2. The van der Waals surface area contributed by atoms with Crippen LogP contribution in [0.5, 0.6) is 0 Å². The number of fused-ring (bicyclic) bond motifs is 1. The number of hydrogen-bond acceptors (Lipinski definition) is 3. The molecule has 3 aromatic rings. The highest BCUT2D eigenvalue weighted by Gasteiger charge is 2.33. The van der Waals surface area contributed by atoms with E-state index in [0.29, 0.717) is 0 Å². The molecular formula is C22H18Br2N4. The van der Waals surface area contributed by atoms with Gasteiger partial charge in [0.05, 0.1) is 0 Å². The number of nitrogens with zero attached hydrogens (tertiary/aromatic N) is 3. The molecule has 28 heavy (non-hydrogen) atoms. The van der Waals surface area contributed by atoms with Crippen LogP contribution in [0.3, 0.4) is 0 Å². The first-order valence-corrected chi connectivity index (χ1v) is 10.9. The number of allylic oxidation sites excluding steroid dienone is 2. The van der Waals surface area contributed by atoms with Gasteiger partial charge in [0, 0.05) is 14.6 Å². The Balaban J connectivity index is 1.63. The quantitative estimate of drug-likeness (QED) is 0.449. The summed E-state index contributed by atoms with van der Waals surface area (Å²) in [6.07, 6.45) is 7.17. The van der Waals surface area contributed by atoms with Gasteiger partial charge in [-0.15, -0.1) is 0 Å². The lowest BCUT2D eigenvalue weighted by atomic mass is 9.83. The van der Waals surface area contributed by atoms with E-state index in [0.717, 1.165) is 34.2 Å². The Bertz CT molecular complexity index is 1080. The molecule has 1 aliphatic heterocycles. The third kappa shape index (κ3) is 3.25. The fourth-order valence-electron chi connectivity index (χ4n) is 4.04. The Kier molecular flexibility index (Phi) is 4.69. The van der Waals surface area contributed by atoms with Gasteiger partial charge < -0.3 is 5.32 Å². The molecule has 1 N–H and O–H groups in total. The van der Waals surface area contributed by atoms with Crippen molar-refractivity contribution in [2.75, 3.05) is 5.32 Å². The maximum atomic E-state index is 4.52. The fourth-order valence-corrected chi connectivity index (χ4v) is 4.57. The van der Waals surface area contributed by atoms with Crippen molar-refractivity contribution in [2.24, 2.45) is 0 Å². The van der Waals surface area contributed by atoms with Gasteiger partial charge in [0.25, 0.3) is 0 Å².